The normalized spacial score (nSPS) is 11.9. The Morgan fingerprint density at radius 1 is 1.12 bits per heavy atom. The van der Waals surface area contributed by atoms with Gasteiger partial charge < -0.3 is 20.3 Å². The number of aliphatic hydroxyl groups is 1. The Morgan fingerprint density at radius 2 is 1.81 bits per heavy atom. The number of imidazole rings is 1. The Bertz CT molecular complexity index is 921. The number of benzene rings is 2. The number of rotatable bonds is 6. The molecule has 3 N–H and O–H groups in total. The van der Waals surface area contributed by atoms with Crippen LogP contribution in [-0.4, -0.2) is 33.5 Å². The lowest BCUT2D eigenvalue weighted by Gasteiger charge is -2.18. The summed E-state index contributed by atoms with van der Waals surface area (Å²) in [5, 5.41) is 14.9. The van der Waals surface area contributed by atoms with Crippen LogP contribution >= 0.6 is 0 Å². The van der Waals surface area contributed by atoms with E-state index in [1.165, 1.54) is 7.05 Å². The van der Waals surface area contributed by atoms with E-state index >= 15 is 0 Å². The van der Waals surface area contributed by atoms with E-state index in [2.05, 4.69) is 15.6 Å². The zero-order valence-corrected chi connectivity index (χ0v) is 14.3. The summed E-state index contributed by atoms with van der Waals surface area (Å²) >= 11 is 0. The van der Waals surface area contributed by atoms with Gasteiger partial charge in [-0.2, -0.15) is 0 Å². The molecule has 0 spiro atoms. The molecule has 0 radical (unpaired) electrons. The van der Waals surface area contributed by atoms with Crippen molar-refractivity contribution in [3.63, 3.8) is 0 Å². The van der Waals surface area contributed by atoms with Gasteiger partial charge in [0.25, 0.3) is 0 Å². The highest BCUT2D eigenvalue weighted by molar-refractivity contribution is 5.89. The van der Waals surface area contributed by atoms with Gasteiger partial charge in [0, 0.05) is 7.05 Å². The van der Waals surface area contributed by atoms with Crippen molar-refractivity contribution in [2.75, 3.05) is 7.05 Å². The quantitative estimate of drug-likeness (QED) is 0.620. The van der Waals surface area contributed by atoms with E-state index in [0.717, 1.165) is 5.52 Å². The van der Waals surface area contributed by atoms with Crippen molar-refractivity contribution >= 4 is 22.8 Å². The Hall–Kier alpha value is -3.19. The number of carbonyl (C=O) groups is 2. The highest BCUT2D eigenvalue weighted by atomic mass is 16.3. The molecule has 1 atom stereocenters. The van der Waals surface area contributed by atoms with Crippen LogP contribution in [0.15, 0.2) is 54.6 Å². The molecule has 3 aromatic rings. The summed E-state index contributed by atoms with van der Waals surface area (Å²) in [7, 11) is 1.53. The molecule has 1 aromatic heterocycles. The number of carbonyl (C=O) groups excluding carboxylic acids is 2. The third kappa shape index (κ3) is 3.57. The Balaban J connectivity index is 1.84. The number of hydrogen-bond acceptors (Lipinski definition) is 4. The number of para-hydroxylation sites is 2. The van der Waals surface area contributed by atoms with Gasteiger partial charge in [0.2, 0.25) is 11.8 Å². The molecule has 2 aromatic carbocycles. The fourth-order valence-corrected chi connectivity index (χ4v) is 2.86. The molecule has 7 nitrogen and oxygen atoms in total. The first-order valence-corrected chi connectivity index (χ1v) is 8.25. The van der Waals surface area contributed by atoms with Gasteiger partial charge >= 0.3 is 0 Å². The van der Waals surface area contributed by atoms with Crippen molar-refractivity contribution in [1.29, 1.82) is 0 Å². The average Bonchev–Trinajstić information content (AvgIpc) is 3.04. The first kappa shape index (κ1) is 17.6. The molecule has 2 amide bonds. The molecule has 0 fully saturated rings. The summed E-state index contributed by atoms with van der Waals surface area (Å²) in [5.74, 6) is -0.250. The number of amides is 2. The van der Waals surface area contributed by atoms with E-state index in [1.54, 1.807) is 16.7 Å². The second-order valence-corrected chi connectivity index (χ2v) is 5.79. The molecule has 1 heterocycles. The van der Waals surface area contributed by atoms with Gasteiger partial charge in [0.15, 0.2) is 0 Å². The van der Waals surface area contributed by atoms with Crippen LogP contribution in [0.1, 0.15) is 17.4 Å². The molecule has 0 aliphatic heterocycles. The highest BCUT2D eigenvalue weighted by Crippen LogP contribution is 2.17. The van der Waals surface area contributed by atoms with Crippen LogP contribution < -0.4 is 10.6 Å². The molecular formula is C19H20N4O3. The Morgan fingerprint density at radius 3 is 2.50 bits per heavy atom. The Kier molecular flexibility index (Phi) is 5.28. The molecule has 0 aliphatic carbocycles. The van der Waals surface area contributed by atoms with Gasteiger partial charge in [-0.05, 0) is 17.7 Å². The zero-order valence-electron chi connectivity index (χ0n) is 14.3. The molecule has 3 rings (SSSR count). The summed E-state index contributed by atoms with van der Waals surface area (Å²) in [6, 6.07) is 15.6. The van der Waals surface area contributed by atoms with Crippen molar-refractivity contribution in [3.05, 3.63) is 66.0 Å². The number of aliphatic hydroxyl groups excluding tert-OH is 1. The largest absolute Gasteiger partial charge is 0.388 e. The number of hydrogen-bond donors (Lipinski definition) is 3. The van der Waals surface area contributed by atoms with Crippen molar-refractivity contribution in [2.24, 2.45) is 0 Å². The van der Waals surface area contributed by atoms with E-state index < -0.39 is 6.04 Å². The number of nitrogens with zero attached hydrogens (tertiary/aromatic N) is 2. The van der Waals surface area contributed by atoms with E-state index in [9.17, 15) is 14.7 Å². The van der Waals surface area contributed by atoms with Crippen LogP contribution in [0.3, 0.4) is 0 Å². The minimum absolute atomic E-state index is 0.0449. The van der Waals surface area contributed by atoms with E-state index in [1.807, 2.05) is 42.5 Å². The van der Waals surface area contributed by atoms with Gasteiger partial charge in [-0.15, -0.1) is 0 Å². The topological polar surface area (TPSA) is 96.2 Å². The highest BCUT2D eigenvalue weighted by Gasteiger charge is 2.22. The minimum Gasteiger partial charge on any atom is -0.388 e. The van der Waals surface area contributed by atoms with Gasteiger partial charge in [-0.1, -0.05) is 42.5 Å². The van der Waals surface area contributed by atoms with Crippen LogP contribution in [0.5, 0.6) is 0 Å². The summed E-state index contributed by atoms with van der Waals surface area (Å²) in [6.07, 6.45) is 0. The maximum atomic E-state index is 12.6. The van der Waals surface area contributed by atoms with E-state index in [4.69, 9.17) is 0 Å². The first-order valence-electron chi connectivity index (χ1n) is 8.25. The third-order valence-electron chi connectivity index (χ3n) is 4.12. The average molecular weight is 352 g/mol. The lowest BCUT2D eigenvalue weighted by molar-refractivity contribution is -0.129. The molecule has 1 unspecified atom stereocenters. The van der Waals surface area contributed by atoms with E-state index in [-0.39, 0.29) is 25.0 Å². The second kappa shape index (κ2) is 7.79. The van der Waals surface area contributed by atoms with Gasteiger partial charge in [0.1, 0.15) is 25.0 Å². The van der Waals surface area contributed by atoms with Crippen LogP contribution in [0.4, 0.5) is 0 Å². The van der Waals surface area contributed by atoms with Crippen molar-refractivity contribution in [1.82, 2.24) is 20.2 Å². The van der Waals surface area contributed by atoms with Crippen LogP contribution in [0.2, 0.25) is 0 Å². The van der Waals surface area contributed by atoms with Gasteiger partial charge in [-0.25, -0.2) is 4.98 Å². The number of likely N-dealkylation sites (N-methyl/N-ethyl adjacent to an activating group) is 1. The number of nitrogens with one attached hydrogen (secondary N) is 2. The van der Waals surface area contributed by atoms with Crippen LogP contribution in [0, 0.1) is 0 Å². The summed E-state index contributed by atoms with van der Waals surface area (Å²) < 4.78 is 1.65. The predicted molar refractivity (Wildman–Crippen MR) is 97.0 cm³/mol. The molecule has 0 aliphatic rings. The molecule has 7 heteroatoms. The maximum absolute atomic E-state index is 12.6. The minimum atomic E-state index is -0.791. The SMILES string of the molecule is CNC(=O)C(NC(=O)Cn1c(CO)nc2ccccc21)c1ccccc1. The maximum Gasteiger partial charge on any atom is 0.246 e. The van der Waals surface area contributed by atoms with Gasteiger partial charge in [0.05, 0.1) is 11.0 Å². The summed E-state index contributed by atoms with van der Waals surface area (Å²) in [5.41, 5.74) is 2.15. The van der Waals surface area contributed by atoms with Crippen molar-refractivity contribution in [3.8, 4) is 0 Å². The predicted octanol–water partition coefficient (Wildman–Crippen LogP) is 1.13. The molecule has 0 bridgehead atoms. The molecule has 26 heavy (non-hydrogen) atoms. The smallest absolute Gasteiger partial charge is 0.246 e. The van der Waals surface area contributed by atoms with Gasteiger partial charge in [-0.3, -0.25) is 9.59 Å². The van der Waals surface area contributed by atoms with Crippen molar-refractivity contribution in [2.45, 2.75) is 19.2 Å². The van der Waals surface area contributed by atoms with Crippen LogP contribution in [-0.2, 0) is 22.7 Å². The first-order chi connectivity index (χ1) is 12.6. The molecule has 0 saturated carbocycles. The summed E-state index contributed by atoms with van der Waals surface area (Å²) in [6.45, 7) is -0.323. The lowest BCUT2D eigenvalue weighted by Crippen LogP contribution is -2.40. The number of aromatic nitrogens is 2. The summed E-state index contributed by atoms with van der Waals surface area (Å²) in [4.78, 5) is 29.1. The zero-order chi connectivity index (χ0) is 18.5. The Labute approximate surface area is 150 Å². The van der Waals surface area contributed by atoms with Crippen LogP contribution in [0.25, 0.3) is 11.0 Å². The van der Waals surface area contributed by atoms with Crippen molar-refractivity contribution < 1.29 is 14.7 Å². The standard InChI is InChI=1S/C19H20N4O3/c1-20-19(26)18(13-7-3-2-4-8-13)22-17(25)11-23-15-10-6-5-9-14(15)21-16(23)12-24/h2-10,18,24H,11-12H2,1H3,(H,20,26)(H,22,25). The number of fused-ring (bicyclic) bond motifs is 1. The fraction of sp³-hybridized carbons (Fsp3) is 0.211. The molecule has 0 saturated heterocycles. The molecule has 134 valence electrons. The lowest BCUT2D eigenvalue weighted by atomic mass is 10.1. The second-order valence-electron chi connectivity index (χ2n) is 5.79. The molecular weight excluding hydrogens is 332 g/mol. The van der Waals surface area contributed by atoms with E-state index in [0.29, 0.717) is 16.9 Å². The third-order valence-corrected chi connectivity index (χ3v) is 4.12. The fourth-order valence-electron chi connectivity index (χ4n) is 2.86. The monoisotopic (exact) mass is 352 g/mol.